The van der Waals surface area contributed by atoms with Crippen molar-refractivity contribution in [3.63, 3.8) is 0 Å². The summed E-state index contributed by atoms with van der Waals surface area (Å²) in [6.07, 6.45) is -3.10. The van der Waals surface area contributed by atoms with Gasteiger partial charge in [-0.2, -0.15) is 13.2 Å². The van der Waals surface area contributed by atoms with Crippen molar-refractivity contribution in [2.45, 2.75) is 12.6 Å². The van der Waals surface area contributed by atoms with Gasteiger partial charge in [0.2, 0.25) is 0 Å². The largest absolute Gasteiger partial charge is 0.508 e. The van der Waals surface area contributed by atoms with Gasteiger partial charge in [-0.15, -0.1) is 0 Å². The maximum atomic E-state index is 13.0. The third-order valence-corrected chi connectivity index (χ3v) is 3.65. The highest BCUT2D eigenvalue weighted by atomic mass is 19.4. The van der Waals surface area contributed by atoms with Gasteiger partial charge in [0, 0.05) is 23.1 Å². The lowest BCUT2D eigenvalue weighted by Crippen LogP contribution is -2.07. The Bertz CT molecular complexity index is 789. The average molecular weight is 304 g/mol. The molecule has 0 amide bonds. The topological polar surface area (TPSA) is 37.3 Å². The van der Waals surface area contributed by atoms with Gasteiger partial charge in [-0.05, 0) is 23.8 Å². The number of carbonyl (C=O) groups excluding carboxylic acids is 1. The number of ketones is 1. The quantitative estimate of drug-likeness (QED) is 0.800. The minimum absolute atomic E-state index is 0.0154. The van der Waals surface area contributed by atoms with Gasteiger partial charge < -0.3 is 5.11 Å². The molecule has 0 atom stereocenters. The number of carbonyl (C=O) groups is 1. The van der Waals surface area contributed by atoms with Crippen LogP contribution in [0.1, 0.15) is 27.0 Å². The first-order chi connectivity index (χ1) is 10.4. The molecule has 0 saturated heterocycles. The Morgan fingerprint density at radius 1 is 1.05 bits per heavy atom. The van der Waals surface area contributed by atoms with E-state index in [1.807, 2.05) is 0 Å². The number of benzene rings is 2. The molecule has 0 fully saturated rings. The Morgan fingerprint density at radius 2 is 1.77 bits per heavy atom. The molecule has 1 N–H and O–H groups in total. The van der Waals surface area contributed by atoms with Crippen molar-refractivity contribution in [3.8, 4) is 5.75 Å². The summed E-state index contributed by atoms with van der Waals surface area (Å²) in [5.74, 6) is -0.360. The average Bonchev–Trinajstić information content (AvgIpc) is 2.77. The van der Waals surface area contributed by atoms with Crippen LogP contribution in [0.25, 0.3) is 6.08 Å². The summed E-state index contributed by atoms with van der Waals surface area (Å²) >= 11 is 0. The lowest BCUT2D eigenvalue weighted by atomic mass is 10.0. The molecule has 2 nitrogen and oxygen atoms in total. The Labute approximate surface area is 124 Å². The highest BCUT2D eigenvalue weighted by Crippen LogP contribution is 2.36. The summed E-state index contributed by atoms with van der Waals surface area (Å²) in [7, 11) is 0. The third-order valence-electron chi connectivity index (χ3n) is 3.65. The molecule has 2 aromatic rings. The van der Waals surface area contributed by atoms with Crippen molar-refractivity contribution in [1.82, 2.24) is 0 Å². The molecule has 1 aliphatic carbocycles. The molecule has 0 heterocycles. The van der Waals surface area contributed by atoms with Gasteiger partial charge in [-0.3, -0.25) is 4.79 Å². The summed E-state index contributed by atoms with van der Waals surface area (Å²) in [4.78, 5) is 12.3. The number of alkyl halides is 3. The molecule has 0 bridgehead atoms. The van der Waals surface area contributed by atoms with E-state index in [0.717, 1.165) is 6.07 Å². The van der Waals surface area contributed by atoms with Crippen LogP contribution in [0.4, 0.5) is 13.2 Å². The molecule has 0 aromatic heterocycles. The highest BCUT2D eigenvalue weighted by Gasteiger charge is 2.33. The monoisotopic (exact) mass is 304 g/mol. The number of halogens is 3. The second kappa shape index (κ2) is 5.02. The molecule has 0 aliphatic heterocycles. The van der Waals surface area contributed by atoms with E-state index in [0.29, 0.717) is 11.1 Å². The van der Waals surface area contributed by atoms with Gasteiger partial charge in [0.1, 0.15) is 5.75 Å². The predicted octanol–water partition coefficient (Wildman–Crippen LogP) is 4.23. The lowest BCUT2D eigenvalue weighted by Gasteiger charge is -2.10. The SMILES string of the molecule is O=C1/C(=C/c2ccccc2C(F)(F)F)Cc2c(O)cccc21. The maximum absolute atomic E-state index is 13.0. The Balaban J connectivity index is 2.06. The summed E-state index contributed by atoms with van der Waals surface area (Å²) in [5.41, 5.74) is 0.216. The summed E-state index contributed by atoms with van der Waals surface area (Å²) in [6, 6.07) is 9.67. The second-order valence-electron chi connectivity index (χ2n) is 5.06. The van der Waals surface area contributed by atoms with Crippen LogP contribution < -0.4 is 0 Å². The molecule has 0 spiro atoms. The number of hydrogen-bond acceptors (Lipinski definition) is 2. The fourth-order valence-electron chi connectivity index (χ4n) is 2.60. The highest BCUT2D eigenvalue weighted by molar-refractivity contribution is 6.16. The van der Waals surface area contributed by atoms with E-state index in [2.05, 4.69) is 0 Å². The van der Waals surface area contributed by atoms with Gasteiger partial charge >= 0.3 is 6.18 Å². The molecule has 1 aliphatic rings. The van der Waals surface area contributed by atoms with Crippen LogP contribution >= 0.6 is 0 Å². The van der Waals surface area contributed by atoms with Crippen LogP contribution in [-0.4, -0.2) is 10.9 Å². The fourth-order valence-corrected chi connectivity index (χ4v) is 2.60. The van der Waals surface area contributed by atoms with Crippen LogP contribution in [0, 0.1) is 0 Å². The van der Waals surface area contributed by atoms with E-state index in [9.17, 15) is 23.1 Å². The zero-order valence-corrected chi connectivity index (χ0v) is 11.3. The third kappa shape index (κ3) is 2.39. The van der Waals surface area contributed by atoms with Gasteiger partial charge in [-0.1, -0.05) is 30.3 Å². The summed E-state index contributed by atoms with van der Waals surface area (Å²) in [6.45, 7) is 0. The molecule has 3 rings (SSSR count). The van der Waals surface area contributed by atoms with Gasteiger partial charge in [0.05, 0.1) is 5.56 Å². The number of phenolic OH excluding ortho intramolecular Hbond substituents is 1. The van der Waals surface area contributed by atoms with Crippen LogP contribution in [0.3, 0.4) is 0 Å². The van der Waals surface area contributed by atoms with E-state index in [1.165, 1.54) is 30.3 Å². The zero-order chi connectivity index (χ0) is 15.9. The lowest BCUT2D eigenvalue weighted by molar-refractivity contribution is -0.137. The van der Waals surface area contributed by atoms with Crippen molar-refractivity contribution in [2.24, 2.45) is 0 Å². The first-order valence-corrected chi connectivity index (χ1v) is 6.60. The zero-order valence-electron chi connectivity index (χ0n) is 11.3. The minimum atomic E-state index is -4.48. The predicted molar refractivity (Wildman–Crippen MR) is 75.6 cm³/mol. The minimum Gasteiger partial charge on any atom is -0.508 e. The molecule has 0 radical (unpaired) electrons. The normalized spacial score (nSPS) is 16.1. The number of rotatable bonds is 1. The van der Waals surface area contributed by atoms with E-state index in [4.69, 9.17) is 0 Å². The van der Waals surface area contributed by atoms with Crippen LogP contribution in [0.2, 0.25) is 0 Å². The number of aromatic hydroxyl groups is 1. The van der Waals surface area contributed by atoms with E-state index in [-0.39, 0.29) is 29.1 Å². The first kappa shape index (κ1) is 14.4. The van der Waals surface area contributed by atoms with E-state index < -0.39 is 11.7 Å². The van der Waals surface area contributed by atoms with E-state index in [1.54, 1.807) is 12.1 Å². The second-order valence-corrected chi connectivity index (χ2v) is 5.06. The van der Waals surface area contributed by atoms with Gasteiger partial charge in [0.25, 0.3) is 0 Å². The molecule has 112 valence electrons. The molecule has 5 heteroatoms. The Morgan fingerprint density at radius 3 is 2.45 bits per heavy atom. The van der Waals surface area contributed by atoms with Crippen LogP contribution in [0.5, 0.6) is 5.75 Å². The Hall–Kier alpha value is -2.56. The van der Waals surface area contributed by atoms with Crippen molar-refractivity contribution >= 4 is 11.9 Å². The fraction of sp³-hybridized carbons (Fsp3) is 0.118. The van der Waals surface area contributed by atoms with Crippen molar-refractivity contribution < 1.29 is 23.1 Å². The summed E-state index contributed by atoms with van der Waals surface area (Å²) in [5, 5.41) is 9.76. The van der Waals surface area contributed by atoms with Gasteiger partial charge in [0.15, 0.2) is 5.78 Å². The Kier molecular flexibility index (Phi) is 3.28. The molecule has 0 saturated carbocycles. The molecular formula is C17H11F3O2. The van der Waals surface area contributed by atoms with E-state index >= 15 is 0 Å². The molecule has 22 heavy (non-hydrogen) atoms. The molecule has 2 aromatic carbocycles. The standard InChI is InChI=1S/C17H11F3O2/c18-17(19,20)14-6-2-1-4-10(14)8-11-9-13-12(16(11)22)5-3-7-15(13)21/h1-8,21H,9H2/b11-8+. The maximum Gasteiger partial charge on any atom is 0.416 e. The summed E-state index contributed by atoms with van der Waals surface area (Å²) < 4.78 is 39.0. The van der Waals surface area contributed by atoms with Crippen molar-refractivity contribution in [1.29, 1.82) is 0 Å². The molecular weight excluding hydrogens is 293 g/mol. The van der Waals surface area contributed by atoms with Crippen molar-refractivity contribution in [3.05, 3.63) is 70.3 Å². The number of phenols is 1. The number of allylic oxidation sites excluding steroid dienone is 1. The van der Waals surface area contributed by atoms with Crippen LogP contribution in [0.15, 0.2) is 48.0 Å². The number of Topliss-reactive ketones (excluding diaryl/α,β-unsaturated/α-hetero) is 1. The van der Waals surface area contributed by atoms with Crippen LogP contribution in [-0.2, 0) is 12.6 Å². The van der Waals surface area contributed by atoms with Crippen molar-refractivity contribution in [2.75, 3.05) is 0 Å². The number of fused-ring (bicyclic) bond motifs is 1. The smallest absolute Gasteiger partial charge is 0.416 e. The first-order valence-electron chi connectivity index (χ1n) is 6.60. The van der Waals surface area contributed by atoms with Gasteiger partial charge in [-0.25, -0.2) is 0 Å². The number of hydrogen-bond donors (Lipinski definition) is 1. The molecule has 0 unspecified atom stereocenters.